The van der Waals surface area contributed by atoms with Gasteiger partial charge in [-0.3, -0.25) is 4.79 Å². The summed E-state index contributed by atoms with van der Waals surface area (Å²) in [5.74, 6) is 0.926. The van der Waals surface area contributed by atoms with Crippen LogP contribution in [0.3, 0.4) is 0 Å². The Bertz CT molecular complexity index is 688. The molecule has 0 atom stereocenters. The third-order valence-corrected chi connectivity index (χ3v) is 4.64. The van der Waals surface area contributed by atoms with E-state index < -0.39 is 0 Å². The standard InChI is InChI=1S/C16H17NOS/c1-3-19-15-10-13-12-7-5-4-6-11(12)8-9-14(13)17(2)16(15)18/h4-7,10H,3,8-9H2,1-2H3. The summed E-state index contributed by atoms with van der Waals surface area (Å²) in [4.78, 5) is 13.1. The number of fused-ring (bicyclic) bond motifs is 3. The van der Waals surface area contributed by atoms with Gasteiger partial charge in [0.2, 0.25) is 0 Å². The first-order chi connectivity index (χ1) is 9.22. The lowest BCUT2D eigenvalue weighted by Crippen LogP contribution is -2.25. The topological polar surface area (TPSA) is 22.0 Å². The molecule has 0 radical (unpaired) electrons. The zero-order chi connectivity index (χ0) is 13.4. The van der Waals surface area contributed by atoms with Gasteiger partial charge < -0.3 is 4.57 Å². The molecule has 0 spiro atoms. The number of pyridine rings is 1. The van der Waals surface area contributed by atoms with Gasteiger partial charge in [-0.25, -0.2) is 0 Å². The molecule has 1 aliphatic carbocycles. The lowest BCUT2D eigenvalue weighted by atomic mass is 9.88. The van der Waals surface area contributed by atoms with Crippen LogP contribution >= 0.6 is 11.8 Å². The minimum Gasteiger partial charge on any atom is -0.314 e. The summed E-state index contributed by atoms with van der Waals surface area (Å²) in [6, 6.07) is 10.6. The Morgan fingerprint density at radius 2 is 2.00 bits per heavy atom. The molecule has 2 nitrogen and oxygen atoms in total. The van der Waals surface area contributed by atoms with Crippen molar-refractivity contribution >= 4 is 11.8 Å². The normalized spacial score (nSPS) is 12.9. The first-order valence-corrected chi connectivity index (χ1v) is 7.65. The first-order valence-electron chi connectivity index (χ1n) is 6.66. The van der Waals surface area contributed by atoms with Crippen molar-refractivity contribution in [2.24, 2.45) is 7.05 Å². The third kappa shape index (κ3) is 2.02. The van der Waals surface area contributed by atoms with Gasteiger partial charge in [-0.15, -0.1) is 11.8 Å². The number of aromatic nitrogens is 1. The van der Waals surface area contributed by atoms with E-state index in [9.17, 15) is 4.79 Å². The van der Waals surface area contributed by atoms with Gasteiger partial charge in [-0.1, -0.05) is 31.2 Å². The average molecular weight is 271 g/mol. The highest BCUT2D eigenvalue weighted by Crippen LogP contribution is 2.34. The molecule has 1 aliphatic rings. The summed E-state index contributed by atoms with van der Waals surface area (Å²) < 4.78 is 1.84. The lowest BCUT2D eigenvalue weighted by molar-refractivity contribution is 0.733. The van der Waals surface area contributed by atoms with E-state index in [-0.39, 0.29) is 5.56 Å². The van der Waals surface area contributed by atoms with Crippen LogP contribution in [0.4, 0.5) is 0 Å². The van der Waals surface area contributed by atoms with E-state index in [1.54, 1.807) is 11.8 Å². The van der Waals surface area contributed by atoms with Crippen molar-refractivity contribution in [3.63, 3.8) is 0 Å². The summed E-state index contributed by atoms with van der Waals surface area (Å²) in [5, 5.41) is 0. The molecule has 98 valence electrons. The molecule has 0 amide bonds. The first kappa shape index (κ1) is 12.5. The minimum atomic E-state index is 0.144. The van der Waals surface area contributed by atoms with Gasteiger partial charge in [0.25, 0.3) is 5.56 Å². The maximum atomic E-state index is 12.3. The largest absolute Gasteiger partial charge is 0.314 e. The molecule has 3 rings (SSSR count). The van der Waals surface area contributed by atoms with Gasteiger partial charge in [-0.2, -0.15) is 0 Å². The Balaban J connectivity index is 2.27. The van der Waals surface area contributed by atoms with Crippen molar-refractivity contribution < 1.29 is 0 Å². The van der Waals surface area contributed by atoms with Crippen LogP contribution in [-0.2, 0) is 19.9 Å². The van der Waals surface area contributed by atoms with E-state index in [4.69, 9.17) is 0 Å². The molecular weight excluding hydrogens is 254 g/mol. The van der Waals surface area contributed by atoms with E-state index in [1.807, 2.05) is 11.6 Å². The zero-order valence-electron chi connectivity index (χ0n) is 11.3. The highest BCUT2D eigenvalue weighted by molar-refractivity contribution is 7.99. The quantitative estimate of drug-likeness (QED) is 0.782. The van der Waals surface area contributed by atoms with Gasteiger partial charge >= 0.3 is 0 Å². The van der Waals surface area contributed by atoms with Crippen molar-refractivity contribution in [2.75, 3.05) is 5.75 Å². The van der Waals surface area contributed by atoms with Crippen LogP contribution in [0.25, 0.3) is 11.1 Å². The highest BCUT2D eigenvalue weighted by Gasteiger charge is 2.20. The summed E-state index contributed by atoms with van der Waals surface area (Å²) >= 11 is 1.63. The van der Waals surface area contributed by atoms with Crippen molar-refractivity contribution in [3.05, 3.63) is 51.9 Å². The molecule has 19 heavy (non-hydrogen) atoms. The Morgan fingerprint density at radius 3 is 2.79 bits per heavy atom. The van der Waals surface area contributed by atoms with Crippen LogP contribution in [0.5, 0.6) is 0 Å². The van der Waals surface area contributed by atoms with Crippen LogP contribution < -0.4 is 5.56 Å². The van der Waals surface area contributed by atoms with Crippen molar-refractivity contribution in [2.45, 2.75) is 24.7 Å². The highest BCUT2D eigenvalue weighted by atomic mass is 32.2. The summed E-state index contributed by atoms with van der Waals surface area (Å²) in [5.41, 5.74) is 5.23. The predicted molar refractivity (Wildman–Crippen MR) is 80.9 cm³/mol. The fourth-order valence-electron chi connectivity index (χ4n) is 2.79. The number of hydrogen-bond acceptors (Lipinski definition) is 2. The molecule has 0 N–H and O–H groups in total. The van der Waals surface area contributed by atoms with Gasteiger partial charge in [0.1, 0.15) is 0 Å². The van der Waals surface area contributed by atoms with Crippen LogP contribution in [0.15, 0.2) is 40.0 Å². The van der Waals surface area contributed by atoms with Gasteiger partial charge in [0.05, 0.1) is 4.90 Å². The van der Waals surface area contributed by atoms with E-state index >= 15 is 0 Å². The molecule has 0 fully saturated rings. The van der Waals surface area contributed by atoms with Gasteiger partial charge in [0.15, 0.2) is 0 Å². The molecule has 0 saturated carbocycles. The Labute approximate surface area is 117 Å². The number of nitrogens with zero attached hydrogens (tertiary/aromatic N) is 1. The second-order valence-corrected chi connectivity index (χ2v) is 6.13. The predicted octanol–water partition coefficient (Wildman–Crippen LogP) is 3.26. The zero-order valence-corrected chi connectivity index (χ0v) is 12.1. The van der Waals surface area contributed by atoms with Crippen LogP contribution in [-0.4, -0.2) is 10.3 Å². The summed E-state index contributed by atoms with van der Waals surface area (Å²) in [6.07, 6.45) is 1.98. The van der Waals surface area contributed by atoms with E-state index in [0.29, 0.717) is 0 Å². The molecule has 1 heterocycles. The minimum absolute atomic E-state index is 0.144. The molecule has 0 unspecified atom stereocenters. The second kappa shape index (κ2) is 4.89. The number of thioether (sulfide) groups is 1. The number of rotatable bonds is 2. The molecule has 1 aromatic carbocycles. The van der Waals surface area contributed by atoms with Gasteiger partial charge in [0, 0.05) is 18.3 Å². The van der Waals surface area contributed by atoms with Crippen molar-refractivity contribution in [3.8, 4) is 11.1 Å². The summed E-state index contributed by atoms with van der Waals surface area (Å²) in [7, 11) is 1.90. The fourth-order valence-corrected chi connectivity index (χ4v) is 3.57. The fraction of sp³-hybridized carbons (Fsp3) is 0.312. The number of benzene rings is 1. The summed E-state index contributed by atoms with van der Waals surface area (Å²) in [6.45, 7) is 2.08. The Hall–Kier alpha value is -1.48. The SMILES string of the molecule is CCSc1cc2c(n(C)c1=O)CCc1ccccc1-2. The monoisotopic (exact) mass is 271 g/mol. The number of hydrogen-bond donors (Lipinski definition) is 0. The molecule has 0 aliphatic heterocycles. The smallest absolute Gasteiger partial charge is 0.264 e. The van der Waals surface area contributed by atoms with E-state index in [2.05, 4.69) is 37.3 Å². The van der Waals surface area contributed by atoms with Crippen LogP contribution in [0.1, 0.15) is 18.2 Å². The molecule has 3 heteroatoms. The second-order valence-electron chi connectivity index (χ2n) is 4.82. The lowest BCUT2D eigenvalue weighted by Gasteiger charge is -2.22. The van der Waals surface area contributed by atoms with Crippen LogP contribution in [0.2, 0.25) is 0 Å². The maximum absolute atomic E-state index is 12.3. The van der Waals surface area contributed by atoms with Crippen LogP contribution in [0, 0.1) is 0 Å². The van der Waals surface area contributed by atoms with Gasteiger partial charge in [-0.05, 0) is 35.8 Å². The third-order valence-electron chi connectivity index (χ3n) is 3.75. The maximum Gasteiger partial charge on any atom is 0.264 e. The van der Waals surface area contributed by atoms with E-state index in [1.165, 1.54) is 22.4 Å². The van der Waals surface area contributed by atoms with E-state index in [0.717, 1.165) is 23.5 Å². The molecular formula is C16H17NOS. The molecule has 1 aromatic heterocycles. The Morgan fingerprint density at radius 1 is 1.21 bits per heavy atom. The van der Waals surface area contributed by atoms with Crippen molar-refractivity contribution in [1.82, 2.24) is 4.57 Å². The molecule has 0 bridgehead atoms. The molecule has 2 aromatic rings. The average Bonchev–Trinajstić information content (AvgIpc) is 2.44. The number of aryl methyl sites for hydroxylation is 1. The van der Waals surface area contributed by atoms with Crippen molar-refractivity contribution in [1.29, 1.82) is 0 Å². The molecule has 0 saturated heterocycles. The Kier molecular flexibility index (Phi) is 3.23.